The van der Waals surface area contributed by atoms with Crippen molar-refractivity contribution in [3.8, 4) is 0 Å². The van der Waals surface area contributed by atoms with Crippen LogP contribution in [0.1, 0.15) is 61.5 Å². The van der Waals surface area contributed by atoms with Gasteiger partial charge in [-0.05, 0) is 65.0 Å². The Labute approximate surface area is 139 Å². The topological polar surface area (TPSA) is 50.2 Å². The van der Waals surface area contributed by atoms with E-state index in [2.05, 4.69) is 29.2 Å². The van der Waals surface area contributed by atoms with Crippen LogP contribution in [0, 0.1) is 19.8 Å². The summed E-state index contributed by atoms with van der Waals surface area (Å²) in [7, 11) is 1.99. The first kappa shape index (κ1) is 16.5. The average molecular weight is 318 g/mol. The maximum atomic E-state index is 12.8. The minimum absolute atomic E-state index is 0.240. The zero-order chi connectivity index (χ0) is 16.4. The molecule has 1 unspecified atom stereocenters. The number of rotatable bonds is 4. The monoisotopic (exact) mass is 318 g/mol. The number of carbonyl (C=O) groups excluding carboxylic acids is 1. The molecule has 1 amide bonds. The van der Waals surface area contributed by atoms with E-state index in [1.807, 2.05) is 11.7 Å². The predicted molar refractivity (Wildman–Crippen MR) is 91.2 cm³/mol. The van der Waals surface area contributed by atoms with E-state index in [-0.39, 0.29) is 6.04 Å². The van der Waals surface area contributed by atoms with Gasteiger partial charge >= 0.3 is 0 Å². The lowest BCUT2D eigenvalue weighted by molar-refractivity contribution is -0.132. The minimum Gasteiger partial charge on any atom is -0.336 e. The zero-order valence-electron chi connectivity index (χ0n) is 14.8. The molecule has 0 saturated carbocycles. The van der Waals surface area contributed by atoms with Crippen LogP contribution in [0.2, 0.25) is 0 Å². The third kappa shape index (κ3) is 3.44. The molecule has 5 nitrogen and oxygen atoms in total. The van der Waals surface area contributed by atoms with Crippen LogP contribution >= 0.6 is 0 Å². The standard InChI is InChI=1S/C18H30N4O/c1-13-18(14(2)21(3)20-13)16-5-4-12-22(16)17(23)7-6-15-8-10-19-11-9-15/h15-16,19H,4-12H2,1-3H3. The summed E-state index contributed by atoms with van der Waals surface area (Å²) in [5.41, 5.74) is 3.55. The number of aryl methyl sites for hydroxylation is 2. The summed E-state index contributed by atoms with van der Waals surface area (Å²) in [5.74, 6) is 1.07. The van der Waals surface area contributed by atoms with Crippen molar-refractivity contribution < 1.29 is 4.79 Å². The average Bonchev–Trinajstić information content (AvgIpc) is 3.11. The van der Waals surface area contributed by atoms with Gasteiger partial charge in [-0.1, -0.05) is 0 Å². The van der Waals surface area contributed by atoms with Gasteiger partial charge in [-0.15, -0.1) is 0 Å². The van der Waals surface area contributed by atoms with Gasteiger partial charge < -0.3 is 10.2 Å². The molecule has 2 saturated heterocycles. The molecule has 1 N–H and O–H groups in total. The summed E-state index contributed by atoms with van der Waals surface area (Å²) in [6, 6.07) is 0.240. The van der Waals surface area contributed by atoms with E-state index in [4.69, 9.17) is 0 Å². The quantitative estimate of drug-likeness (QED) is 0.928. The third-order valence-corrected chi connectivity index (χ3v) is 5.70. The van der Waals surface area contributed by atoms with Gasteiger partial charge in [-0.25, -0.2) is 0 Å². The van der Waals surface area contributed by atoms with E-state index in [1.165, 1.54) is 24.1 Å². The number of hydrogen-bond acceptors (Lipinski definition) is 3. The highest BCUT2D eigenvalue weighted by Crippen LogP contribution is 2.36. The van der Waals surface area contributed by atoms with Crippen LogP contribution in [-0.4, -0.2) is 40.2 Å². The number of aromatic nitrogens is 2. The van der Waals surface area contributed by atoms with Crippen LogP contribution in [0.5, 0.6) is 0 Å². The number of amides is 1. The number of nitrogens with one attached hydrogen (secondary N) is 1. The van der Waals surface area contributed by atoms with Crippen molar-refractivity contribution in [3.05, 3.63) is 17.0 Å². The molecule has 2 fully saturated rings. The Hall–Kier alpha value is -1.36. The van der Waals surface area contributed by atoms with Crippen molar-refractivity contribution >= 4 is 5.91 Å². The normalized spacial score (nSPS) is 22.7. The number of piperidine rings is 1. The second-order valence-electron chi connectivity index (χ2n) is 7.19. The Morgan fingerprint density at radius 1 is 1.26 bits per heavy atom. The van der Waals surface area contributed by atoms with Gasteiger partial charge in [0.05, 0.1) is 11.7 Å². The van der Waals surface area contributed by atoms with Gasteiger partial charge in [0.1, 0.15) is 0 Å². The zero-order valence-corrected chi connectivity index (χ0v) is 14.8. The highest BCUT2D eigenvalue weighted by molar-refractivity contribution is 5.77. The summed E-state index contributed by atoms with van der Waals surface area (Å²) in [6.45, 7) is 7.31. The Morgan fingerprint density at radius 3 is 2.65 bits per heavy atom. The summed E-state index contributed by atoms with van der Waals surface area (Å²) in [4.78, 5) is 14.9. The largest absolute Gasteiger partial charge is 0.336 e. The third-order valence-electron chi connectivity index (χ3n) is 5.70. The van der Waals surface area contributed by atoms with Crippen LogP contribution < -0.4 is 5.32 Å². The summed E-state index contributed by atoms with van der Waals surface area (Å²) >= 11 is 0. The van der Waals surface area contributed by atoms with Crippen LogP contribution in [0.25, 0.3) is 0 Å². The number of likely N-dealkylation sites (tertiary alicyclic amines) is 1. The molecular weight excluding hydrogens is 288 g/mol. The van der Waals surface area contributed by atoms with E-state index in [0.29, 0.717) is 12.3 Å². The highest BCUT2D eigenvalue weighted by atomic mass is 16.2. The number of nitrogens with zero attached hydrogens (tertiary/aromatic N) is 3. The maximum Gasteiger partial charge on any atom is 0.223 e. The van der Waals surface area contributed by atoms with Gasteiger partial charge in [0.25, 0.3) is 0 Å². The molecule has 0 radical (unpaired) electrons. The number of carbonyl (C=O) groups is 1. The summed E-state index contributed by atoms with van der Waals surface area (Å²) in [5, 5.41) is 7.94. The highest BCUT2D eigenvalue weighted by Gasteiger charge is 2.33. The molecule has 1 atom stereocenters. The lowest BCUT2D eigenvalue weighted by atomic mass is 9.93. The smallest absolute Gasteiger partial charge is 0.223 e. The molecule has 2 aliphatic heterocycles. The first-order valence-corrected chi connectivity index (χ1v) is 9.08. The fourth-order valence-corrected chi connectivity index (χ4v) is 4.28. The van der Waals surface area contributed by atoms with Crippen LogP contribution in [-0.2, 0) is 11.8 Å². The van der Waals surface area contributed by atoms with E-state index < -0.39 is 0 Å². The fraction of sp³-hybridized carbons (Fsp3) is 0.778. The lowest BCUT2D eigenvalue weighted by Gasteiger charge is -2.27. The van der Waals surface area contributed by atoms with Crippen molar-refractivity contribution in [1.29, 1.82) is 0 Å². The first-order valence-electron chi connectivity index (χ1n) is 9.08. The van der Waals surface area contributed by atoms with E-state index in [1.54, 1.807) is 0 Å². The lowest BCUT2D eigenvalue weighted by Crippen LogP contribution is -2.32. The van der Waals surface area contributed by atoms with Crippen molar-refractivity contribution in [2.45, 2.75) is 58.4 Å². The van der Waals surface area contributed by atoms with Crippen molar-refractivity contribution in [1.82, 2.24) is 20.0 Å². The molecule has 23 heavy (non-hydrogen) atoms. The van der Waals surface area contributed by atoms with E-state index >= 15 is 0 Å². The minimum atomic E-state index is 0.240. The van der Waals surface area contributed by atoms with Crippen molar-refractivity contribution in [2.75, 3.05) is 19.6 Å². The van der Waals surface area contributed by atoms with Gasteiger partial charge in [0.2, 0.25) is 5.91 Å². The molecule has 128 valence electrons. The van der Waals surface area contributed by atoms with E-state index in [0.717, 1.165) is 50.5 Å². The molecule has 3 rings (SSSR count). The molecule has 1 aromatic rings. The number of hydrogen-bond donors (Lipinski definition) is 1. The molecule has 0 aromatic carbocycles. The van der Waals surface area contributed by atoms with Gasteiger partial charge in [0, 0.05) is 31.3 Å². The second-order valence-corrected chi connectivity index (χ2v) is 7.19. The van der Waals surface area contributed by atoms with Gasteiger partial charge in [0.15, 0.2) is 0 Å². The first-order chi connectivity index (χ1) is 11.1. The Morgan fingerprint density at radius 2 is 2.00 bits per heavy atom. The summed E-state index contributed by atoms with van der Waals surface area (Å²) in [6.07, 6.45) is 6.38. The summed E-state index contributed by atoms with van der Waals surface area (Å²) < 4.78 is 1.95. The maximum absolute atomic E-state index is 12.8. The Bertz CT molecular complexity index is 560. The van der Waals surface area contributed by atoms with E-state index in [9.17, 15) is 4.79 Å². The molecule has 2 aliphatic rings. The van der Waals surface area contributed by atoms with Crippen LogP contribution in [0.3, 0.4) is 0 Å². The molecule has 0 aliphatic carbocycles. The van der Waals surface area contributed by atoms with Gasteiger partial charge in [-0.2, -0.15) is 5.10 Å². The molecular formula is C18H30N4O. The Kier molecular flexibility index (Phi) is 5.05. The molecule has 3 heterocycles. The molecule has 1 aromatic heterocycles. The fourth-order valence-electron chi connectivity index (χ4n) is 4.28. The predicted octanol–water partition coefficient (Wildman–Crippen LogP) is 2.48. The van der Waals surface area contributed by atoms with Crippen molar-refractivity contribution in [3.63, 3.8) is 0 Å². The second kappa shape index (κ2) is 7.04. The SMILES string of the molecule is Cc1nn(C)c(C)c1C1CCCN1C(=O)CCC1CCNCC1. The van der Waals surface area contributed by atoms with Crippen LogP contribution in [0.4, 0.5) is 0 Å². The van der Waals surface area contributed by atoms with Gasteiger partial charge in [-0.3, -0.25) is 9.48 Å². The molecule has 5 heteroatoms. The molecule has 0 bridgehead atoms. The Balaban J connectivity index is 1.65. The molecule has 0 spiro atoms. The van der Waals surface area contributed by atoms with Crippen molar-refractivity contribution in [2.24, 2.45) is 13.0 Å². The van der Waals surface area contributed by atoms with Crippen LogP contribution in [0.15, 0.2) is 0 Å².